The Labute approximate surface area is 107 Å². The number of nitrogens with zero attached hydrogens (tertiary/aromatic N) is 3. The highest BCUT2D eigenvalue weighted by Crippen LogP contribution is 2.02. The smallest absolute Gasteiger partial charge is 0.274 e. The standard InChI is InChI=1S/C12H21N5O/c1-10-9-11(15-14-10)12(18)16(2)7-8-17-5-3-13-4-6-17/h9,13H,3-8H2,1-2H3,(H,14,15). The molecule has 18 heavy (non-hydrogen) atoms. The number of H-pyrrole nitrogens is 1. The van der Waals surface area contributed by atoms with Crippen LogP contribution in [0.4, 0.5) is 0 Å². The van der Waals surface area contributed by atoms with Crippen molar-refractivity contribution < 1.29 is 4.79 Å². The number of aromatic nitrogens is 2. The second-order valence-electron chi connectivity index (χ2n) is 4.75. The number of carbonyl (C=O) groups excluding carboxylic acids is 1. The minimum absolute atomic E-state index is 0.0190. The van der Waals surface area contributed by atoms with E-state index < -0.39 is 0 Å². The molecule has 1 aliphatic heterocycles. The molecule has 1 aromatic rings. The molecule has 0 unspecified atom stereocenters. The molecule has 0 radical (unpaired) electrons. The van der Waals surface area contributed by atoms with Crippen LogP contribution in [0, 0.1) is 6.92 Å². The lowest BCUT2D eigenvalue weighted by molar-refractivity contribution is 0.0769. The van der Waals surface area contributed by atoms with E-state index in [2.05, 4.69) is 20.4 Å². The number of carbonyl (C=O) groups is 1. The molecule has 1 aliphatic rings. The molecule has 0 aliphatic carbocycles. The summed E-state index contributed by atoms with van der Waals surface area (Å²) in [5.74, 6) is -0.0190. The van der Waals surface area contributed by atoms with E-state index in [9.17, 15) is 4.79 Å². The summed E-state index contributed by atoms with van der Waals surface area (Å²) in [6.07, 6.45) is 0. The minimum Gasteiger partial charge on any atom is -0.339 e. The Balaban J connectivity index is 1.80. The lowest BCUT2D eigenvalue weighted by atomic mass is 10.3. The number of aromatic amines is 1. The first-order valence-electron chi connectivity index (χ1n) is 6.37. The van der Waals surface area contributed by atoms with Gasteiger partial charge in [0.15, 0.2) is 0 Å². The van der Waals surface area contributed by atoms with E-state index in [1.807, 2.05) is 14.0 Å². The molecule has 1 saturated heterocycles. The van der Waals surface area contributed by atoms with Gasteiger partial charge in [-0.15, -0.1) is 0 Å². The summed E-state index contributed by atoms with van der Waals surface area (Å²) in [4.78, 5) is 16.1. The quantitative estimate of drug-likeness (QED) is 0.771. The molecular weight excluding hydrogens is 230 g/mol. The number of nitrogens with one attached hydrogen (secondary N) is 2. The molecule has 6 heteroatoms. The average molecular weight is 251 g/mol. The zero-order chi connectivity index (χ0) is 13.0. The van der Waals surface area contributed by atoms with E-state index >= 15 is 0 Å². The van der Waals surface area contributed by atoms with E-state index in [0.29, 0.717) is 5.69 Å². The molecule has 2 N–H and O–H groups in total. The molecule has 0 spiro atoms. The molecular formula is C12H21N5O. The van der Waals surface area contributed by atoms with Crippen molar-refractivity contribution in [1.82, 2.24) is 25.3 Å². The van der Waals surface area contributed by atoms with Crippen LogP contribution < -0.4 is 5.32 Å². The molecule has 1 amide bonds. The second kappa shape index (κ2) is 5.97. The molecule has 0 saturated carbocycles. The third-order valence-corrected chi connectivity index (χ3v) is 3.23. The van der Waals surface area contributed by atoms with E-state index in [-0.39, 0.29) is 5.91 Å². The third kappa shape index (κ3) is 3.30. The summed E-state index contributed by atoms with van der Waals surface area (Å²) >= 11 is 0. The first-order chi connectivity index (χ1) is 8.66. The van der Waals surface area contributed by atoms with Gasteiger partial charge in [-0.25, -0.2) is 0 Å². The molecule has 2 rings (SSSR count). The molecule has 0 atom stereocenters. The van der Waals surface area contributed by atoms with Crippen LogP contribution in [0.2, 0.25) is 0 Å². The highest BCUT2D eigenvalue weighted by molar-refractivity contribution is 5.92. The van der Waals surface area contributed by atoms with Gasteiger partial charge in [0.1, 0.15) is 5.69 Å². The molecule has 1 fully saturated rings. The van der Waals surface area contributed by atoms with Gasteiger partial charge in [0, 0.05) is 52.0 Å². The van der Waals surface area contributed by atoms with Gasteiger partial charge in [-0.1, -0.05) is 0 Å². The van der Waals surface area contributed by atoms with Crippen LogP contribution in [0.25, 0.3) is 0 Å². The van der Waals surface area contributed by atoms with Crippen LogP contribution in [-0.4, -0.2) is 72.2 Å². The Morgan fingerprint density at radius 2 is 2.22 bits per heavy atom. The largest absolute Gasteiger partial charge is 0.339 e. The summed E-state index contributed by atoms with van der Waals surface area (Å²) in [7, 11) is 1.83. The lowest BCUT2D eigenvalue weighted by Gasteiger charge is -2.28. The van der Waals surface area contributed by atoms with Gasteiger partial charge >= 0.3 is 0 Å². The SMILES string of the molecule is Cc1cc(C(=O)N(C)CCN2CCNCC2)n[nH]1. The van der Waals surface area contributed by atoms with E-state index in [1.165, 1.54) is 0 Å². The van der Waals surface area contributed by atoms with Crippen LogP contribution in [0.5, 0.6) is 0 Å². The fourth-order valence-electron chi connectivity index (χ4n) is 2.05. The van der Waals surface area contributed by atoms with Crippen LogP contribution >= 0.6 is 0 Å². The highest BCUT2D eigenvalue weighted by atomic mass is 16.2. The zero-order valence-corrected chi connectivity index (χ0v) is 11.1. The Bertz CT molecular complexity index is 397. The summed E-state index contributed by atoms with van der Waals surface area (Å²) in [5.41, 5.74) is 1.41. The van der Waals surface area contributed by atoms with E-state index in [4.69, 9.17) is 0 Å². The number of hydrogen-bond donors (Lipinski definition) is 2. The predicted molar refractivity (Wildman–Crippen MR) is 69.6 cm³/mol. The first-order valence-corrected chi connectivity index (χ1v) is 6.37. The van der Waals surface area contributed by atoms with Crippen LogP contribution in [-0.2, 0) is 0 Å². The van der Waals surface area contributed by atoms with Gasteiger partial charge in [0.05, 0.1) is 0 Å². The molecule has 0 bridgehead atoms. The first kappa shape index (κ1) is 13.0. The Morgan fingerprint density at radius 1 is 1.50 bits per heavy atom. The van der Waals surface area contributed by atoms with Crippen molar-refractivity contribution in [2.75, 3.05) is 46.3 Å². The average Bonchev–Trinajstić information content (AvgIpc) is 2.83. The number of amides is 1. The highest BCUT2D eigenvalue weighted by Gasteiger charge is 2.16. The maximum Gasteiger partial charge on any atom is 0.274 e. The maximum absolute atomic E-state index is 12.0. The van der Waals surface area contributed by atoms with Crippen molar-refractivity contribution in [2.24, 2.45) is 0 Å². The summed E-state index contributed by atoms with van der Waals surface area (Å²) < 4.78 is 0. The van der Waals surface area contributed by atoms with Crippen molar-refractivity contribution in [3.63, 3.8) is 0 Å². The van der Waals surface area contributed by atoms with Crippen molar-refractivity contribution in [3.05, 3.63) is 17.5 Å². The van der Waals surface area contributed by atoms with Crippen molar-refractivity contribution in [1.29, 1.82) is 0 Å². The number of rotatable bonds is 4. The lowest BCUT2D eigenvalue weighted by Crippen LogP contribution is -2.46. The predicted octanol–water partition coefficient (Wildman–Crippen LogP) is -0.305. The fourth-order valence-corrected chi connectivity index (χ4v) is 2.05. The van der Waals surface area contributed by atoms with Gasteiger partial charge in [-0.3, -0.25) is 14.8 Å². The van der Waals surface area contributed by atoms with Gasteiger partial charge < -0.3 is 10.2 Å². The van der Waals surface area contributed by atoms with E-state index in [1.54, 1.807) is 11.0 Å². The molecule has 100 valence electrons. The van der Waals surface area contributed by atoms with E-state index in [0.717, 1.165) is 45.0 Å². The van der Waals surface area contributed by atoms with Gasteiger partial charge in [-0.2, -0.15) is 5.10 Å². The third-order valence-electron chi connectivity index (χ3n) is 3.23. The number of likely N-dealkylation sites (N-methyl/N-ethyl adjacent to an activating group) is 1. The fraction of sp³-hybridized carbons (Fsp3) is 0.667. The Hall–Kier alpha value is -1.40. The van der Waals surface area contributed by atoms with Crippen molar-refractivity contribution in [3.8, 4) is 0 Å². The Kier molecular flexibility index (Phi) is 4.33. The topological polar surface area (TPSA) is 64.3 Å². The van der Waals surface area contributed by atoms with Crippen molar-refractivity contribution in [2.45, 2.75) is 6.92 Å². The van der Waals surface area contributed by atoms with Crippen LogP contribution in [0.15, 0.2) is 6.07 Å². The molecule has 6 nitrogen and oxygen atoms in total. The van der Waals surface area contributed by atoms with Gasteiger partial charge in [-0.05, 0) is 13.0 Å². The molecule has 0 aromatic carbocycles. The molecule has 1 aromatic heterocycles. The molecule has 2 heterocycles. The normalized spacial score (nSPS) is 16.8. The number of aryl methyl sites for hydroxylation is 1. The van der Waals surface area contributed by atoms with Crippen LogP contribution in [0.3, 0.4) is 0 Å². The van der Waals surface area contributed by atoms with Crippen LogP contribution in [0.1, 0.15) is 16.2 Å². The van der Waals surface area contributed by atoms with Gasteiger partial charge in [0.25, 0.3) is 5.91 Å². The van der Waals surface area contributed by atoms with Gasteiger partial charge in [0.2, 0.25) is 0 Å². The number of hydrogen-bond acceptors (Lipinski definition) is 4. The summed E-state index contributed by atoms with van der Waals surface area (Å²) in [5, 5.41) is 10.1. The summed E-state index contributed by atoms with van der Waals surface area (Å²) in [6.45, 7) is 7.75. The number of piperazine rings is 1. The second-order valence-corrected chi connectivity index (χ2v) is 4.75. The van der Waals surface area contributed by atoms with Crippen molar-refractivity contribution >= 4 is 5.91 Å². The maximum atomic E-state index is 12.0. The minimum atomic E-state index is -0.0190. The Morgan fingerprint density at radius 3 is 2.83 bits per heavy atom. The monoisotopic (exact) mass is 251 g/mol. The summed E-state index contributed by atoms with van der Waals surface area (Å²) in [6, 6.07) is 1.78. The zero-order valence-electron chi connectivity index (χ0n) is 11.1.